The molecular weight excluding hydrogens is 454 g/mol. The predicted molar refractivity (Wildman–Crippen MR) is 123 cm³/mol. The van der Waals surface area contributed by atoms with Crippen LogP contribution in [0.25, 0.3) is 0 Å². The number of hydrogen-bond acceptors (Lipinski definition) is 5. The molecule has 0 atom stereocenters. The smallest absolute Gasteiger partial charge is 0.253 e. The lowest BCUT2D eigenvalue weighted by Crippen LogP contribution is -2.41. The number of piperidine rings is 1. The van der Waals surface area contributed by atoms with E-state index < -0.39 is 10.0 Å². The van der Waals surface area contributed by atoms with Gasteiger partial charge in [-0.25, -0.2) is 12.7 Å². The second kappa shape index (κ2) is 9.89. The molecule has 0 spiro atoms. The molecule has 1 fully saturated rings. The Morgan fingerprint density at radius 1 is 1.09 bits per heavy atom. The van der Waals surface area contributed by atoms with Crippen molar-refractivity contribution in [2.75, 3.05) is 39.6 Å². The zero-order chi connectivity index (χ0) is 23.5. The van der Waals surface area contributed by atoms with Crippen LogP contribution in [0.5, 0.6) is 5.75 Å². The summed E-state index contributed by atoms with van der Waals surface area (Å²) in [5, 5.41) is 3.36. The molecule has 0 bridgehead atoms. The van der Waals surface area contributed by atoms with E-state index in [-0.39, 0.29) is 22.6 Å². The Labute approximate surface area is 193 Å². The molecule has 1 N–H and O–H groups in total. The standard InChI is InChI=1S/C22H26ClN3O5S/c1-25(2)32(29,30)18-8-9-20(31-3)19(14-18)24-21(27)15-10-12-26(13-11-15)22(28)16-4-6-17(23)7-5-16/h4-9,14-15H,10-13H2,1-3H3,(H,24,27). The number of benzene rings is 2. The summed E-state index contributed by atoms with van der Waals surface area (Å²) in [5.41, 5.74) is 0.848. The van der Waals surface area contributed by atoms with Crippen LogP contribution in [0.3, 0.4) is 0 Å². The molecule has 1 aliphatic rings. The fraction of sp³-hybridized carbons (Fsp3) is 0.364. The van der Waals surface area contributed by atoms with Crippen molar-refractivity contribution in [1.29, 1.82) is 0 Å². The third-order valence-corrected chi connectivity index (χ3v) is 7.51. The number of sulfonamides is 1. The van der Waals surface area contributed by atoms with Gasteiger partial charge >= 0.3 is 0 Å². The van der Waals surface area contributed by atoms with Crippen LogP contribution in [0.1, 0.15) is 23.2 Å². The number of anilines is 1. The van der Waals surface area contributed by atoms with Gasteiger partial charge in [-0.1, -0.05) is 11.6 Å². The summed E-state index contributed by atoms with van der Waals surface area (Å²) < 4.78 is 31.3. The first-order chi connectivity index (χ1) is 15.1. The van der Waals surface area contributed by atoms with E-state index in [0.29, 0.717) is 48.0 Å². The maximum absolute atomic E-state index is 12.9. The zero-order valence-electron chi connectivity index (χ0n) is 18.2. The number of halogens is 1. The third kappa shape index (κ3) is 5.23. The molecular formula is C22H26ClN3O5S. The fourth-order valence-corrected chi connectivity index (χ4v) is 4.57. The van der Waals surface area contributed by atoms with E-state index in [2.05, 4.69) is 5.32 Å². The van der Waals surface area contributed by atoms with E-state index in [1.54, 1.807) is 29.2 Å². The van der Waals surface area contributed by atoms with Crippen molar-refractivity contribution in [1.82, 2.24) is 9.21 Å². The molecule has 0 aliphatic carbocycles. The predicted octanol–water partition coefficient (Wildman–Crippen LogP) is 3.09. The number of methoxy groups -OCH3 is 1. The van der Waals surface area contributed by atoms with Crippen molar-refractivity contribution in [2.45, 2.75) is 17.7 Å². The minimum Gasteiger partial charge on any atom is -0.495 e. The van der Waals surface area contributed by atoms with Gasteiger partial charge < -0.3 is 15.0 Å². The van der Waals surface area contributed by atoms with Gasteiger partial charge in [0.1, 0.15) is 5.75 Å². The molecule has 1 aliphatic heterocycles. The summed E-state index contributed by atoms with van der Waals surface area (Å²) in [6.07, 6.45) is 1.01. The van der Waals surface area contributed by atoms with E-state index in [4.69, 9.17) is 16.3 Å². The maximum Gasteiger partial charge on any atom is 0.253 e. The lowest BCUT2D eigenvalue weighted by molar-refractivity contribution is -0.121. The van der Waals surface area contributed by atoms with Gasteiger partial charge in [-0.15, -0.1) is 0 Å². The van der Waals surface area contributed by atoms with Gasteiger partial charge in [0.25, 0.3) is 5.91 Å². The molecule has 8 nitrogen and oxygen atoms in total. The van der Waals surface area contributed by atoms with Gasteiger partial charge in [-0.2, -0.15) is 0 Å². The molecule has 2 amide bonds. The topological polar surface area (TPSA) is 96.0 Å². The highest BCUT2D eigenvalue weighted by Crippen LogP contribution is 2.30. The minimum atomic E-state index is -3.66. The number of hydrogen-bond donors (Lipinski definition) is 1. The first kappa shape index (κ1) is 24.0. The van der Waals surface area contributed by atoms with Crippen LogP contribution in [0, 0.1) is 5.92 Å². The van der Waals surface area contributed by atoms with Gasteiger partial charge in [-0.05, 0) is 55.3 Å². The normalized spacial score (nSPS) is 15.0. The number of carbonyl (C=O) groups excluding carboxylic acids is 2. The van der Waals surface area contributed by atoms with E-state index in [1.807, 2.05) is 0 Å². The Kier molecular flexibility index (Phi) is 7.43. The summed E-state index contributed by atoms with van der Waals surface area (Å²) in [7, 11) is 0.676. The second-order valence-electron chi connectivity index (χ2n) is 7.71. The molecule has 0 aromatic heterocycles. The van der Waals surface area contributed by atoms with E-state index in [9.17, 15) is 18.0 Å². The van der Waals surface area contributed by atoms with Crippen molar-refractivity contribution in [3.8, 4) is 5.75 Å². The maximum atomic E-state index is 12.9. The summed E-state index contributed by atoms with van der Waals surface area (Å²) >= 11 is 5.88. The Morgan fingerprint density at radius 3 is 2.28 bits per heavy atom. The van der Waals surface area contributed by atoms with Crippen molar-refractivity contribution in [3.05, 3.63) is 53.1 Å². The number of likely N-dealkylation sites (tertiary alicyclic amines) is 1. The first-order valence-corrected chi connectivity index (χ1v) is 11.9. The van der Waals surface area contributed by atoms with E-state index in [1.165, 1.54) is 39.4 Å². The molecule has 0 saturated carbocycles. The molecule has 1 saturated heterocycles. The number of ether oxygens (including phenoxy) is 1. The summed E-state index contributed by atoms with van der Waals surface area (Å²) in [4.78, 5) is 27.3. The SMILES string of the molecule is COc1ccc(S(=O)(=O)N(C)C)cc1NC(=O)C1CCN(C(=O)c2ccc(Cl)cc2)CC1. The molecule has 0 unspecified atom stereocenters. The van der Waals surface area contributed by atoms with Gasteiger partial charge in [-0.3, -0.25) is 9.59 Å². The second-order valence-corrected chi connectivity index (χ2v) is 10.3. The molecule has 172 valence electrons. The molecule has 1 heterocycles. The first-order valence-electron chi connectivity index (χ1n) is 10.1. The molecule has 10 heteroatoms. The number of rotatable bonds is 6. The Hall–Kier alpha value is -2.62. The van der Waals surface area contributed by atoms with Crippen LogP contribution >= 0.6 is 11.6 Å². The van der Waals surface area contributed by atoms with Gasteiger partial charge in [0.05, 0.1) is 17.7 Å². The average molecular weight is 480 g/mol. The van der Waals surface area contributed by atoms with Crippen molar-refractivity contribution < 1.29 is 22.7 Å². The zero-order valence-corrected chi connectivity index (χ0v) is 19.7. The Morgan fingerprint density at radius 2 is 1.72 bits per heavy atom. The lowest BCUT2D eigenvalue weighted by Gasteiger charge is -2.31. The molecule has 32 heavy (non-hydrogen) atoms. The van der Waals surface area contributed by atoms with Crippen LogP contribution in [0.15, 0.2) is 47.4 Å². The molecule has 0 radical (unpaired) electrons. The van der Waals surface area contributed by atoms with Crippen molar-refractivity contribution in [3.63, 3.8) is 0 Å². The Balaban J connectivity index is 1.67. The van der Waals surface area contributed by atoms with E-state index in [0.717, 1.165) is 4.31 Å². The monoisotopic (exact) mass is 479 g/mol. The van der Waals surface area contributed by atoms with Crippen LogP contribution in [0.4, 0.5) is 5.69 Å². The third-order valence-electron chi connectivity index (χ3n) is 5.45. The Bertz CT molecular complexity index is 1100. The summed E-state index contributed by atoms with van der Waals surface area (Å²) in [5.74, 6) is -0.264. The summed E-state index contributed by atoms with van der Waals surface area (Å²) in [6, 6.07) is 11.1. The average Bonchev–Trinajstić information content (AvgIpc) is 2.79. The van der Waals surface area contributed by atoms with Gasteiger partial charge in [0, 0.05) is 43.7 Å². The number of nitrogens with one attached hydrogen (secondary N) is 1. The van der Waals surface area contributed by atoms with Gasteiger partial charge in [0.15, 0.2) is 0 Å². The number of carbonyl (C=O) groups is 2. The molecule has 2 aromatic carbocycles. The minimum absolute atomic E-state index is 0.0574. The number of nitrogens with zero attached hydrogens (tertiary/aromatic N) is 2. The highest BCUT2D eigenvalue weighted by Gasteiger charge is 2.29. The van der Waals surface area contributed by atoms with Crippen LogP contribution in [0.2, 0.25) is 5.02 Å². The van der Waals surface area contributed by atoms with Crippen LogP contribution < -0.4 is 10.1 Å². The van der Waals surface area contributed by atoms with Crippen molar-refractivity contribution >= 4 is 39.1 Å². The highest BCUT2D eigenvalue weighted by atomic mass is 35.5. The largest absolute Gasteiger partial charge is 0.495 e. The van der Waals surface area contributed by atoms with E-state index >= 15 is 0 Å². The number of amides is 2. The fourth-order valence-electron chi connectivity index (χ4n) is 3.51. The van der Waals surface area contributed by atoms with Crippen LogP contribution in [-0.2, 0) is 14.8 Å². The molecule has 2 aromatic rings. The van der Waals surface area contributed by atoms with Crippen LogP contribution in [-0.4, -0.2) is 63.7 Å². The van der Waals surface area contributed by atoms with Crippen molar-refractivity contribution in [2.24, 2.45) is 5.92 Å². The highest BCUT2D eigenvalue weighted by molar-refractivity contribution is 7.89. The molecule has 3 rings (SSSR count). The summed E-state index contributed by atoms with van der Waals surface area (Å²) in [6.45, 7) is 0.900. The van der Waals surface area contributed by atoms with Gasteiger partial charge in [0.2, 0.25) is 15.9 Å². The lowest BCUT2D eigenvalue weighted by atomic mass is 9.95. The quantitative estimate of drug-likeness (QED) is 0.686.